The maximum Gasteiger partial charge on any atom is 0.0195 e. The third kappa shape index (κ3) is 6.35. The molecule has 0 aromatic heterocycles. The third-order valence-electron chi connectivity index (χ3n) is 2.48. The maximum absolute atomic E-state index is 3.37. The maximum atomic E-state index is 3.37. The van der Waals surface area contributed by atoms with Gasteiger partial charge in [0.05, 0.1) is 0 Å². The molecule has 0 aromatic rings. The second-order valence-corrected chi connectivity index (χ2v) is 4.09. The molecule has 0 saturated heterocycles. The molecule has 1 atom stereocenters. The Hall–Kier alpha value is -0.120. The van der Waals surface area contributed by atoms with E-state index in [4.69, 9.17) is 0 Å². The highest BCUT2D eigenvalue weighted by Gasteiger charge is 2.11. The van der Waals surface area contributed by atoms with Crippen molar-refractivity contribution in [2.75, 3.05) is 46.8 Å². The third-order valence-corrected chi connectivity index (χ3v) is 2.48. The number of nitrogens with one attached hydrogen (secondary N) is 1. The van der Waals surface area contributed by atoms with Crippen LogP contribution in [0, 0.1) is 0 Å². The molecule has 0 aliphatic heterocycles. The zero-order chi connectivity index (χ0) is 11.0. The van der Waals surface area contributed by atoms with E-state index in [1.165, 1.54) is 0 Å². The monoisotopic (exact) mass is 201 g/mol. The average molecular weight is 201 g/mol. The predicted octanol–water partition coefficient (Wildman–Crippen LogP) is 0.868. The van der Waals surface area contributed by atoms with Gasteiger partial charge >= 0.3 is 0 Å². The Morgan fingerprint density at radius 2 is 1.86 bits per heavy atom. The summed E-state index contributed by atoms with van der Waals surface area (Å²) in [6.45, 7) is 12.3. The van der Waals surface area contributed by atoms with Gasteiger partial charge in [0.1, 0.15) is 0 Å². The fourth-order valence-electron chi connectivity index (χ4n) is 1.73. The van der Waals surface area contributed by atoms with Gasteiger partial charge in [0.15, 0.2) is 0 Å². The van der Waals surface area contributed by atoms with Crippen LogP contribution in [-0.2, 0) is 0 Å². The molecule has 0 aliphatic carbocycles. The first-order valence-electron chi connectivity index (χ1n) is 5.71. The van der Waals surface area contributed by atoms with Crippen LogP contribution in [-0.4, -0.2) is 62.7 Å². The molecule has 0 amide bonds. The highest BCUT2D eigenvalue weighted by atomic mass is 15.2. The van der Waals surface area contributed by atoms with Gasteiger partial charge in [-0.15, -0.1) is 0 Å². The van der Waals surface area contributed by atoms with Gasteiger partial charge in [0.2, 0.25) is 0 Å². The van der Waals surface area contributed by atoms with Crippen molar-refractivity contribution in [3.63, 3.8) is 0 Å². The van der Waals surface area contributed by atoms with Crippen LogP contribution < -0.4 is 5.32 Å². The van der Waals surface area contributed by atoms with Gasteiger partial charge in [0, 0.05) is 25.7 Å². The summed E-state index contributed by atoms with van der Waals surface area (Å²) in [5.41, 5.74) is 0. The molecule has 0 saturated carbocycles. The SMILES string of the molecule is CCNCCN(CC)C(C)CN(C)C. The van der Waals surface area contributed by atoms with Crippen LogP contribution in [0.4, 0.5) is 0 Å². The summed E-state index contributed by atoms with van der Waals surface area (Å²) in [4.78, 5) is 4.77. The molecule has 0 fully saturated rings. The Morgan fingerprint density at radius 3 is 2.29 bits per heavy atom. The zero-order valence-corrected chi connectivity index (χ0v) is 10.5. The highest BCUT2D eigenvalue weighted by Crippen LogP contribution is 1.98. The zero-order valence-electron chi connectivity index (χ0n) is 10.5. The van der Waals surface area contributed by atoms with E-state index in [0.29, 0.717) is 6.04 Å². The molecule has 0 aliphatic rings. The predicted molar refractivity (Wildman–Crippen MR) is 63.8 cm³/mol. The first-order valence-corrected chi connectivity index (χ1v) is 5.71. The van der Waals surface area contributed by atoms with E-state index < -0.39 is 0 Å². The summed E-state index contributed by atoms with van der Waals surface area (Å²) < 4.78 is 0. The van der Waals surface area contributed by atoms with Crippen molar-refractivity contribution in [2.24, 2.45) is 0 Å². The summed E-state index contributed by atoms with van der Waals surface area (Å²) in [5, 5.41) is 3.37. The average Bonchev–Trinajstić information content (AvgIpc) is 2.11. The lowest BCUT2D eigenvalue weighted by atomic mass is 10.2. The van der Waals surface area contributed by atoms with Crippen LogP contribution >= 0.6 is 0 Å². The number of likely N-dealkylation sites (N-methyl/N-ethyl adjacent to an activating group) is 3. The van der Waals surface area contributed by atoms with E-state index in [1.54, 1.807) is 0 Å². The number of nitrogens with zero attached hydrogens (tertiary/aromatic N) is 2. The van der Waals surface area contributed by atoms with E-state index in [-0.39, 0.29) is 0 Å². The van der Waals surface area contributed by atoms with Crippen LogP contribution in [0.25, 0.3) is 0 Å². The molecule has 0 heterocycles. The second kappa shape index (κ2) is 8.21. The molecule has 0 aromatic carbocycles. The van der Waals surface area contributed by atoms with Gasteiger partial charge in [-0.2, -0.15) is 0 Å². The molecule has 1 N–H and O–H groups in total. The topological polar surface area (TPSA) is 18.5 Å². The Labute approximate surface area is 89.5 Å². The van der Waals surface area contributed by atoms with E-state index in [1.807, 2.05) is 0 Å². The molecule has 0 rings (SSSR count). The van der Waals surface area contributed by atoms with Crippen LogP contribution in [0.3, 0.4) is 0 Å². The summed E-state index contributed by atoms with van der Waals surface area (Å²) in [7, 11) is 4.27. The van der Waals surface area contributed by atoms with E-state index in [0.717, 1.165) is 32.7 Å². The van der Waals surface area contributed by atoms with Crippen molar-refractivity contribution < 1.29 is 0 Å². The van der Waals surface area contributed by atoms with Crippen molar-refractivity contribution in [3.05, 3.63) is 0 Å². The minimum atomic E-state index is 0.647. The molecule has 3 nitrogen and oxygen atoms in total. The smallest absolute Gasteiger partial charge is 0.0195 e. The lowest BCUT2D eigenvalue weighted by Gasteiger charge is -2.29. The molecule has 0 spiro atoms. The normalized spacial score (nSPS) is 13.9. The number of hydrogen-bond donors (Lipinski definition) is 1. The largest absolute Gasteiger partial charge is 0.316 e. The van der Waals surface area contributed by atoms with Crippen molar-refractivity contribution in [1.82, 2.24) is 15.1 Å². The summed E-state index contributed by atoms with van der Waals surface area (Å²) in [6, 6.07) is 0.647. The minimum absolute atomic E-state index is 0.647. The first kappa shape index (κ1) is 13.9. The Bertz CT molecular complexity index is 126. The second-order valence-electron chi connectivity index (χ2n) is 4.09. The molecule has 0 bridgehead atoms. The van der Waals surface area contributed by atoms with Crippen molar-refractivity contribution >= 4 is 0 Å². The van der Waals surface area contributed by atoms with Crippen molar-refractivity contribution in [1.29, 1.82) is 0 Å². The summed E-state index contributed by atoms with van der Waals surface area (Å²) >= 11 is 0. The Balaban J connectivity index is 3.74. The molecule has 0 radical (unpaired) electrons. The van der Waals surface area contributed by atoms with E-state index >= 15 is 0 Å². The van der Waals surface area contributed by atoms with E-state index in [9.17, 15) is 0 Å². The van der Waals surface area contributed by atoms with Gasteiger partial charge in [-0.05, 0) is 34.1 Å². The summed E-state index contributed by atoms with van der Waals surface area (Å²) in [6.07, 6.45) is 0. The van der Waals surface area contributed by atoms with Crippen LogP contribution in [0.1, 0.15) is 20.8 Å². The standard InChI is InChI=1S/C11H27N3/c1-6-12-8-9-14(7-2)11(3)10-13(4)5/h11-12H,6-10H2,1-5H3. The Kier molecular flexibility index (Phi) is 8.14. The number of rotatable bonds is 8. The molecule has 14 heavy (non-hydrogen) atoms. The fourth-order valence-corrected chi connectivity index (χ4v) is 1.73. The lowest BCUT2D eigenvalue weighted by molar-refractivity contribution is 0.182. The van der Waals surface area contributed by atoms with Crippen LogP contribution in [0.5, 0.6) is 0 Å². The molecule has 1 unspecified atom stereocenters. The van der Waals surface area contributed by atoms with E-state index in [2.05, 4.69) is 50.0 Å². The van der Waals surface area contributed by atoms with Crippen molar-refractivity contribution in [3.8, 4) is 0 Å². The molecule has 86 valence electrons. The van der Waals surface area contributed by atoms with Gasteiger partial charge in [-0.25, -0.2) is 0 Å². The molecule has 3 heteroatoms. The summed E-state index contributed by atoms with van der Waals surface area (Å²) in [5.74, 6) is 0. The first-order chi connectivity index (χ1) is 6.61. The molecular formula is C11H27N3. The fraction of sp³-hybridized carbons (Fsp3) is 1.00. The van der Waals surface area contributed by atoms with Crippen LogP contribution in [0.15, 0.2) is 0 Å². The highest BCUT2D eigenvalue weighted by molar-refractivity contribution is 4.69. The lowest BCUT2D eigenvalue weighted by Crippen LogP contribution is -2.43. The Morgan fingerprint density at radius 1 is 1.21 bits per heavy atom. The quantitative estimate of drug-likeness (QED) is 0.588. The van der Waals surface area contributed by atoms with Gasteiger partial charge < -0.3 is 10.2 Å². The molecular weight excluding hydrogens is 174 g/mol. The number of hydrogen-bond acceptors (Lipinski definition) is 3. The minimum Gasteiger partial charge on any atom is -0.316 e. The van der Waals surface area contributed by atoms with Crippen molar-refractivity contribution in [2.45, 2.75) is 26.8 Å². The van der Waals surface area contributed by atoms with Gasteiger partial charge in [-0.3, -0.25) is 4.90 Å². The van der Waals surface area contributed by atoms with Gasteiger partial charge in [0.25, 0.3) is 0 Å². The van der Waals surface area contributed by atoms with Crippen LogP contribution in [0.2, 0.25) is 0 Å². The van der Waals surface area contributed by atoms with Gasteiger partial charge in [-0.1, -0.05) is 13.8 Å².